The molecule has 0 bridgehead atoms. The van der Waals surface area contributed by atoms with E-state index >= 15 is 0 Å². The molecule has 0 unspecified atom stereocenters. The number of hydrogen-bond donors (Lipinski definition) is 0. The monoisotopic (exact) mass is 302 g/mol. The van der Waals surface area contributed by atoms with Crippen LogP contribution in [0.25, 0.3) is 0 Å². The molecule has 0 saturated heterocycles. The molecule has 0 fully saturated rings. The summed E-state index contributed by atoms with van der Waals surface area (Å²) in [4.78, 5) is 6.21. The highest BCUT2D eigenvalue weighted by atomic mass is 79.9. The molecule has 17 heavy (non-hydrogen) atoms. The summed E-state index contributed by atoms with van der Waals surface area (Å²) >= 11 is 3.23. The summed E-state index contributed by atoms with van der Waals surface area (Å²) in [5.41, 5.74) is 0. The first-order valence-electron chi connectivity index (χ1n) is 6.14. The number of nitrogens with zero attached hydrogens (tertiary/aromatic N) is 2. The van der Waals surface area contributed by atoms with Gasteiger partial charge in [0.15, 0.2) is 11.6 Å². The highest BCUT2D eigenvalue weighted by molar-refractivity contribution is 9.10. The number of anilines is 1. The number of unbranched alkanes of at least 4 members (excludes halogenated alkanes) is 2. The van der Waals surface area contributed by atoms with Crippen molar-refractivity contribution in [2.45, 2.75) is 46.1 Å². The van der Waals surface area contributed by atoms with E-state index in [2.05, 4.69) is 41.7 Å². The van der Waals surface area contributed by atoms with Gasteiger partial charge >= 0.3 is 0 Å². The van der Waals surface area contributed by atoms with E-state index in [-0.39, 0.29) is 11.9 Å². The van der Waals surface area contributed by atoms with E-state index in [1.165, 1.54) is 18.9 Å². The third-order valence-corrected chi connectivity index (χ3v) is 3.12. The topological polar surface area (TPSA) is 16.1 Å². The Morgan fingerprint density at radius 1 is 1.41 bits per heavy atom. The predicted molar refractivity (Wildman–Crippen MR) is 73.9 cm³/mol. The predicted octanol–water partition coefficient (Wildman–Crippen LogP) is 4.39. The minimum absolute atomic E-state index is 0.259. The highest BCUT2D eigenvalue weighted by Gasteiger charge is 2.16. The van der Waals surface area contributed by atoms with Crippen LogP contribution in [-0.4, -0.2) is 17.6 Å². The first-order valence-corrected chi connectivity index (χ1v) is 6.93. The number of aromatic nitrogens is 1. The molecule has 0 atom stereocenters. The van der Waals surface area contributed by atoms with Crippen molar-refractivity contribution < 1.29 is 4.39 Å². The Labute approximate surface area is 111 Å². The van der Waals surface area contributed by atoms with Gasteiger partial charge < -0.3 is 4.90 Å². The Kier molecular flexibility index (Phi) is 5.89. The zero-order valence-corrected chi connectivity index (χ0v) is 12.3. The minimum Gasteiger partial charge on any atom is -0.352 e. The largest absolute Gasteiger partial charge is 0.352 e. The number of rotatable bonds is 6. The van der Waals surface area contributed by atoms with Crippen LogP contribution in [0.4, 0.5) is 10.2 Å². The molecule has 0 amide bonds. The Hall–Kier alpha value is -0.640. The van der Waals surface area contributed by atoms with Crippen LogP contribution >= 0.6 is 15.9 Å². The van der Waals surface area contributed by atoms with Crippen molar-refractivity contribution in [3.05, 3.63) is 22.6 Å². The van der Waals surface area contributed by atoms with Crippen molar-refractivity contribution in [3.8, 4) is 0 Å². The molecule has 0 aliphatic carbocycles. The molecule has 1 aromatic heterocycles. The second-order valence-electron chi connectivity index (χ2n) is 4.45. The van der Waals surface area contributed by atoms with Crippen LogP contribution < -0.4 is 4.90 Å². The van der Waals surface area contributed by atoms with E-state index in [4.69, 9.17) is 0 Å². The van der Waals surface area contributed by atoms with Crippen LogP contribution in [0, 0.1) is 5.82 Å². The molecule has 0 aliphatic heterocycles. The maximum absolute atomic E-state index is 13.8. The zero-order chi connectivity index (χ0) is 12.8. The molecule has 1 rings (SSSR count). The summed E-state index contributed by atoms with van der Waals surface area (Å²) in [7, 11) is 0. The second-order valence-corrected chi connectivity index (χ2v) is 5.37. The van der Waals surface area contributed by atoms with Crippen molar-refractivity contribution in [2.75, 3.05) is 11.4 Å². The van der Waals surface area contributed by atoms with Gasteiger partial charge in [-0.05, 0) is 42.3 Å². The lowest BCUT2D eigenvalue weighted by Gasteiger charge is -2.28. The first kappa shape index (κ1) is 14.4. The van der Waals surface area contributed by atoms with E-state index in [0.717, 1.165) is 13.0 Å². The van der Waals surface area contributed by atoms with E-state index in [9.17, 15) is 4.39 Å². The first-order chi connectivity index (χ1) is 8.06. The summed E-state index contributed by atoms with van der Waals surface area (Å²) in [5, 5.41) is 0. The van der Waals surface area contributed by atoms with Crippen molar-refractivity contribution >= 4 is 21.7 Å². The van der Waals surface area contributed by atoms with Crippen LogP contribution in [0.3, 0.4) is 0 Å². The summed E-state index contributed by atoms with van der Waals surface area (Å²) in [5.74, 6) is 0.198. The summed E-state index contributed by atoms with van der Waals surface area (Å²) in [6.07, 6.45) is 5.06. The Bertz CT molecular complexity index is 355. The fourth-order valence-electron chi connectivity index (χ4n) is 1.76. The Balaban J connectivity index is 2.82. The lowest BCUT2D eigenvalue weighted by atomic mass is 10.2. The molecule has 1 aromatic rings. The third kappa shape index (κ3) is 4.26. The van der Waals surface area contributed by atoms with Gasteiger partial charge in [-0.1, -0.05) is 19.8 Å². The fourth-order valence-corrected chi connectivity index (χ4v) is 2.06. The normalized spacial score (nSPS) is 10.9. The van der Waals surface area contributed by atoms with Gasteiger partial charge in [-0.15, -0.1) is 0 Å². The molecule has 0 radical (unpaired) electrons. The van der Waals surface area contributed by atoms with Crippen LogP contribution in [0.5, 0.6) is 0 Å². The van der Waals surface area contributed by atoms with Crippen LogP contribution in [0.2, 0.25) is 0 Å². The van der Waals surface area contributed by atoms with Crippen LogP contribution in [-0.2, 0) is 0 Å². The quantitative estimate of drug-likeness (QED) is 0.725. The molecular weight excluding hydrogens is 283 g/mol. The maximum atomic E-state index is 13.8. The molecule has 96 valence electrons. The molecule has 0 aromatic carbocycles. The van der Waals surface area contributed by atoms with Gasteiger partial charge in [-0.25, -0.2) is 9.37 Å². The molecule has 2 nitrogen and oxygen atoms in total. The van der Waals surface area contributed by atoms with Crippen LogP contribution in [0.15, 0.2) is 16.7 Å². The summed E-state index contributed by atoms with van der Waals surface area (Å²) in [6.45, 7) is 7.15. The smallest absolute Gasteiger partial charge is 0.166 e. The summed E-state index contributed by atoms with van der Waals surface area (Å²) in [6, 6.07) is 1.73. The lowest BCUT2D eigenvalue weighted by molar-refractivity contribution is 0.573. The number of halogens is 2. The van der Waals surface area contributed by atoms with Crippen molar-refractivity contribution in [3.63, 3.8) is 0 Å². The molecule has 0 aliphatic rings. The minimum atomic E-state index is -0.260. The summed E-state index contributed by atoms with van der Waals surface area (Å²) < 4.78 is 14.5. The Morgan fingerprint density at radius 2 is 2.12 bits per heavy atom. The zero-order valence-electron chi connectivity index (χ0n) is 10.7. The second kappa shape index (κ2) is 6.94. The van der Waals surface area contributed by atoms with Gasteiger partial charge in [-0.2, -0.15) is 0 Å². The van der Waals surface area contributed by atoms with Crippen molar-refractivity contribution in [1.82, 2.24) is 4.98 Å². The lowest BCUT2D eigenvalue weighted by Crippen LogP contribution is -2.33. The number of hydrogen-bond acceptors (Lipinski definition) is 2. The van der Waals surface area contributed by atoms with Crippen molar-refractivity contribution in [1.29, 1.82) is 0 Å². The standard InChI is InChI=1S/C13H20BrFN2/c1-4-5-6-7-17(10(2)3)13-12(15)8-11(14)9-16-13/h8-10H,4-7H2,1-3H3. The number of pyridine rings is 1. The van der Waals surface area contributed by atoms with Gasteiger partial charge in [0.05, 0.1) is 0 Å². The third-order valence-electron chi connectivity index (χ3n) is 2.69. The van der Waals surface area contributed by atoms with E-state index in [1.807, 2.05) is 4.90 Å². The molecular formula is C13H20BrFN2. The van der Waals surface area contributed by atoms with Gasteiger partial charge in [0.2, 0.25) is 0 Å². The van der Waals surface area contributed by atoms with Gasteiger partial charge in [-0.3, -0.25) is 0 Å². The average Bonchev–Trinajstić information content (AvgIpc) is 2.25. The molecule has 0 spiro atoms. The highest BCUT2D eigenvalue weighted by Crippen LogP contribution is 2.22. The van der Waals surface area contributed by atoms with Gasteiger partial charge in [0.25, 0.3) is 0 Å². The molecule has 4 heteroatoms. The van der Waals surface area contributed by atoms with E-state index in [0.29, 0.717) is 10.3 Å². The Morgan fingerprint density at radius 3 is 2.65 bits per heavy atom. The molecule has 0 saturated carbocycles. The van der Waals surface area contributed by atoms with E-state index in [1.54, 1.807) is 6.20 Å². The van der Waals surface area contributed by atoms with E-state index < -0.39 is 0 Å². The molecule has 0 N–H and O–H groups in total. The fraction of sp³-hybridized carbons (Fsp3) is 0.615. The molecule has 1 heterocycles. The van der Waals surface area contributed by atoms with Gasteiger partial charge in [0.1, 0.15) is 0 Å². The maximum Gasteiger partial charge on any atom is 0.166 e. The van der Waals surface area contributed by atoms with Gasteiger partial charge in [0, 0.05) is 23.3 Å². The average molecular weight is 303 g/mol. The SMILES string of the molecule is CCCCCN(c1ncc(Br)cc1F)C(C)C. The van der Waals surface area contributed by atoms with Crippen LogP contribution in [0.1, 0.15) is 40.0 Å². The van der Waals surface area contributed by atoms with Crippen molar-refractivity contribution in [2.24, 2.45) is 0 Å².